The maximum absolute atomic E-state index is 12.3. The average Bonchev–Trinajstić information content (AvgIpc) is 3.06. The second-order valence-electron chi connectivity index (χ2n) is 7.31. The summed E-state index contributed by atoms with van der Waals surface area (Å²) in [4.78, 5) is 18.5. The van der Waals surface area contributed by atoms with Gasteiger partial charge in [-0.1, -0.05) is 0 Å². The summed E-state index contributed by atoms with van der Waals surface area (Å²) in [6.45, 7) is 11.5. The van der Waals surface area contributed by atoms with Crippen molar-refractivity contribution in [3.8, 4) is 0 Å². The van der Waals surface area contributed by atoms with Crippen LogP contribution in [-0.4, -0.2) is 40.7 Å². The molecular formula is C16H27N3O2S. The standard InChI is InChI=1S/C16H27N3O2S/c1-15(2,3)21-14(20)19-9-6-7-12(19)11-18-16(4,5)13-17-8-10-22-13/h8,10,12,18H,6-7,9,11H2,1-5H3. The molecule has 0 saturated carbocycles. The maximum Gasteiger partial charge on any atom is 0.410 e. The highest BCUT2D eigenvalue weighted by atomic mass is 32.1. The Kier molecular flexibility index (Phi) is 5.12. The Balaban J connectivity index is 1.93. The molecule has 1 aliphatic rings. The molecule has 0 radical (unpaired) electrons. The van der Waals surface area contributed by atoms with Gasteiger partial charge in [0.1, 0.15) is 10.6 Å². The number of carbonyl (C=O) groups is 1. The zero-order valence-electron chi connectivity index (χ0n) is 14.2. The molecular weight excluding hydrogens is 298 g/mol. The number of aromatic nitrogens is 1. The largest absolute Gasteiger partial charge is 0.444 e. The lowest BCUT2D eigenvalue weighted by Crippen LogP contribution is -2.48. The second kappa shape index (κ2) is 6.54. The summed E-state index contributed by atoms with van der Waals surface area (Å²) in [7, 11) is 0. The van der Waals surface area contributed by atoms with Crippen LogP contribution in [0.15, 0.2) is 11.6 Å². The zero-order valence-corrected chi connectivity index (χ0v) is 15.0. The Morgan fingerprint density at radius 3 is 2.77 bits per heavy atom. The fourth-order valence-electron chi connectivity index (χ4n) is 2.59. The fraction of sp³-hybridized carbons (Fsp3) is 0.750. The first-order chi connectivity index (χ1) is 10.2. The van der Waals surface area contributed by atoms with Gasteiger partial charge in [-0.25, -0.2) is 9.78 Å². The van der Waals surface area contributed by atoms with E-state index >= 15 is 0 Å². The van der Waals surface area contributed by atoms with E-state index < -0.39 is 5.60 Å². The van der Waals surface area contributed by atoms with Crippen LogP contribution in [0, 0.1) is 0 Å². The number of thiazole rings is 1. The maximum atomic E-state index is 12.3. The van der Waals surface area contributed by atoms with Crippen molar-refractivity contribution in [2.75, 3.05) is 13.1 Å². The normalized spacial score (nSPS) is 19.5. The molecule has 5 nitrogen and oxygen atoms in total. The third-order valence-electron chi connectivity index (χ3n) is 3.75. The van der Waals surface area contributed by atoms with Crippen LogP contribution < -0.4 is 5.32 Å². The first-order valence-electron chi connectivity index (χ1n) is 7.84. The molecule has 22 heavy (non-hydrogen) atoms. The summed E-state index contributed by atoms with van der Waals surface area (Å²) in [5.74, 6) is 0. The van der Waals surface area contributed by atoms with Gasteiger partial charge >= 0.3 is 6.09 Å². The first-order valence-corrected chi connectivity index (χ1v) is 8.72. The third-order valence-corrected chi connectivity index (χ3v) is 4.85. The molecule has 1 fully saturated rings. The summed E-state index contributed by atoms with van der Waals surface area (Å²) in [5, 5.41) is 6.60. The molecule has 124 valence electrons. The van der Waals surface area contributed by atoms with Gasteiger partial charge in [0.25, 0.3) is 0 Å². The number of nitrogens with zero attached hydrogens (tertiary/aromatic N) is 2. The van der Waals surface area contributed by atoms with Crippen LogP contribution in [-0.2, 0) is 10.3 Å². The van der Waals surface area contributed by atoms with Gasteiger partial charge in [0.2, 0.25) is 0 Å². The summed E-state index contributed by atoms with van der Waals surface area (Å²) < 4.78 is 5.50. The highest BCUT2D eigenvalue weighted by Crippen LogP contribution is 2.24. The van der Waals surface area contributed by atoms with Crippen LogP contribution in [0.1, 0.15) is 52.5 Å². The second-order valence-corrected chi connectivity index (χ2v) is 8.21. The average molecular weight is 325 g/mol. The van der Waals surface area contributed by atoms with Gasteiger partial charge in [0.05, 0.1) is 5.54 Å². The number of carbonyl (C=O) groups excluding carboxylic acids is 1. The minimum Gasteiger partial charge on any atom is -0.444 e. The zero-order chi connectivity index (χ0) is 16.4. The molecule has 6 heteroatoms. The predicted molar refractivity (Wildman–Crippen MR) is 89.1 cm³/mol. The lowest BCUT2D eigenvalue weighted by molar-refractivity contribution is 0.0221. The number of rotatable bonds is 4. The molecule has 1 unspecified atom stereocenters. The van der Waals surface area contributed by atoms with Crippen molar-refractivity contribution in [3.63, 3.8) is 0 Å². The Bertz CT molecular complexity index is 494. The number of amides is 1. The van der Waals surface area contributed by atoms with E-state index in [1.807, 2.05) is 37.2 Å². The van der Waals surface area contributed by atoms with Crippen LogP contribution in [0.4, 0.5) is 4.79 Å². The van der Waals surface area contributed by atoms with Gasteiger partial charge in [0, 0.05) is 30.7 Å². The highest BCUT2D eigenvalue weighted by Gasteiger charge is 2.33. The van der Waals surface area contributed by atoms with Crippen molar-refractivity contribution in [3.05, 3.63) is 16.6 Å². The monoisotopic (exact) mass is 325 g/mol. The number of ether oxygens (including phenoxy) is 1. The van der Waals surface area contributed by atoms with Crippen molar-refractivity contribution >= 4 is 17.4 Å². The Hall–Kier alpha value is -1.14. The molecule has 0 spiro atoms. The smallest absolute Gasteiger partial charge is 0.410 e. The molecule has 0 aromatic carbocycles. The fourth-order valence-corrected chi connectivity index (χ4v) is 3.33. The van der Waals surface area contributed by atoms with Gasteiger partial charge < -0.3 is 15.0 Å². The number of hydrogen-bond acceptors (Lipinski definition) is 5. The Morgan fingerprint density at radius 1 is 1.45 bits per heavy atom. The highest BCUT2D eigenvalue weighted by molar-refractivity contribution is 7.09. The van der Waals surface area contributed by atoms with E-state index in [1.165, 1.54) is 0 Å². The summed E-state index contributed by atoms with van der Waals surface area (Å²) in [5.41, 5.74) is -0.631. The van der Waals surface area contributed by atoms with E-state index in [2.05, 4.69) is 24.1 Å². The van der Waals surface area contributed by atoms with E-state index in [0.717, 1.165) is 30.9 Å². The lowest BCUT2D eigenvalue weighted by Gasteiger charge is -2.31. The molecule has 2 heterocycles. The Morgan fingerprint density at radius 2 is 2.18 bits per heavy atom. The van der Waals surface area contributed by atoms with E-state index in [9.17, 15) is 4.79 Å². The number of hydrogen-bond donors (Lipinski definition) is 1. The predicted octanol–water partition coefficient (Wildman–Crippen LogP) is 3.37. The van der Waals surface area contributed by atoms with Gasteiger partial charge in [0.15, 0.2) is 0 Å². The summed E-state index contributed by atoms with van der Waals surface area (Å²) in [6.07, 6.45) is 3.67. The summed E-state index contributed by atoms with van der Waals surface area (Å²) >= 11 is 1.65. The van der Waals surface area contributed by atoms with Crippen LogP contribution in [0.3, 0.4) is 0 Å². The third kappa shape index (κ3) is 4.43. The van der Waals surface area contributed by atoms with Gasteiger partial charge in [-0.3, -0.25) is 0 Å². The van der Waals surface area contributed by atoms with Crippen molar-refractivity contribution < 1.29 is 9.53 Å². The molecule has 0 aliphatic carbocycles. The molecule has 1 atom stereocenters. The quantitative estimate of drug-likeness (QED) is 0.922. The van der Waals surface area contributed by atoms with Crippen molar-refractivity contribution in [1.29, 1.82) is 0 Å². The van der Waals surface area contributed by atoms with E-state index in [0.29, 0.717) is 0 Å². The Labute approximate surface area is 137 Å². The number of nitrogens with one attached hydrogen (secondary N) is 1. The van der Waals surface area contributed by atoms with Crippen LogP contribution >= 0.6 is 11.3 Å². The van der Waals surface area contributed by atoms with Gasteiger partial charge in [-0.15, -0.1) is 11.3 Å². The molecule has 0 bridgehead atoms. The molecule has 1 aromatic rings. The molecule has 1 N–H and O–H groups in total. The van der Waals surface area contributed by atoms with E-state index in [4.69, 9.17) is 4.74 Å². The number of likely N-dealkylation sites (tertiary alicyclic amines) is 1. The molecule has 1 aliphatic heterocycles. The molecule has 1 saturated heterocycles. The van der Waals surface area contributed by atoms with Gasteiger partial charge in [-0.05, 0) is 47.5 Å². The van der Waals surface area contributed by atoms with E-state index in [-0.39, 0.29) is 17.7 Å². The lowest BCUT2D eigenvalue weighted by atomic mass is 10.1. The van der Waals surface area contributed by atoms with Crippen molar-refractivity contribution in [1.82, 2.24) is 15.2 Å². The molecule has 2 rings (SSSR count). The van der Waals surface area contributed by atoms with Crippen molar-refractivity contribution in [2.24, 2.45) is 0 Å². The van der Waals surface area contributed by atoms with E-state index in [1.54, 1.807) is 11.3 Å². The minimum absolute atomic E-state index is 0.184. The molecule has 1 aromatic heterocycles. The SMILES string of the molecule is CC(C)(C)OC(=O)N1CCCC1CNC(C)(C)c1nccs1. The van der Waals surface area contributed by atoms with Crippen LogP contribution in [0.5, 0.6) is 0 Å². The first kappa shape index (κ1) is 17.2. The van der Waals surface area contributed by atoms with Crippen LogP contribution in [0.25, 0.3) is 0 Å². The molecule has 1 amide bonds. The van der Waals surface area contributed by atoms with Crippen LogP contribution in [0.2, 0.25) is 0 Å². The van der Waals surface area contributed by atoms with Gasteiger partial charge in [-0.2, -0.15) is 0 Å². The topological polar surface area (TPSA) is 54.5 Å². The minimum atomic E-state index is -0.447. The summed E-state index contributed by atoms with van der Waals surface area (Å²) in [6, 6.07) is 0.189. The van der Waals surface area contributed by atoms with Crippen molar-refractivity contribution in [2.45, 2.75) is 64.6 Å².